The molecule has 4 aromatic heterocycles. The molecule has 2 N–H and O–H groups in total. The zero-order chi connectivity index (χ0) is 21.4. The van der Waals surface area contributed by atoms with Gasteiger partial charge in [0.15, 0.2) is 0 Å². The summed E-state index contributed by atoms with van der Waals surface area (Å²) in [4.78, 5) is 33.7. The number of H-pyrrole nitrogens is 1. The van der Waals surface area contributed by atoms with Crippen LogP contribution in [0.1, 0.15) is 24.2 Å². The normalized spacial score (nSPS) is 12.7. The quantitative estimate of drug-likeness (QED) is 0.413. The van der Waals surface area contributed by atoms with Gasteiger partial charge in [0.05, 0.1) is 42.3 Å². The number of rotatable bonds is 5. The molecular formula is C22H19N7OS. The molecule has 0 aliphatic carbocycles. The fourth-order valence-electron chi connectivity index (χ4n) is 3.44. The number of fused-ring (bicyclic) bond motifs is 3. The molecule has 0 radical (unpaired) electrons. The summed E-state index contributed by atoms with van der Waals surface area (Å²) < 4.78 is 1.97. The lowest BCUT2D eigenvalue weighted by molar-refractivity contribution is -0.117. The van der Waals surface area contributed by atoms with E-state index in [0.29, 0.717) is 0 Å². The second kappa shape index (κ2) is 7.77. The van der Waals surface area contributed by atoms with Gasteiger partial charge in [0.25, 0.3) is 0 Å². The first kappa shape index (κ1) is 19.1. The average Bonchev–Trinajstić information content (AvgIpc) is 3.52. The minimum atomic E-state index is -0.171. The van der Waals surface area contributed by atoms with Gasteiger partial charge in [-0.25, -0.2) is 19.9 Å². The van der Waals surface area contributed by atoms with Crippen molar-refractivity contribution in [2.24, 2.45) is 7.05 Å². The van der Waals surface area contributed by atoms with Crippen LogP contribution >= 0.6 is 11.3 Å². The third-order valence-electron chi connectivity index (χ3n) is 5.03. The summed E-state index contributed by atoms with van der Waals surface area (Å²) >= 11 is 1.55. The van der Waals surface area contributed by atoms with E-state index in [0.717, 1.165) is 43.2 Å². The van der Waals surface area contributed by atoms with Crippen molar-refractivity contribution in [2.75, 3.05) is 0 Å². The van der Waals surface area contributed by atoms with Gasteiger partial charge in [-0.15, -0.1) is 0 Å². The molecule has 1 atom stereocenters. The Balaban J connectivity index is 1.40. The van der Waals surface area contributed by atoms with E-state index < -0.39 is 0 Å². The molecule has 0 fully saturated rings. The molecule has 0 saturated heterocycles. The van der Waals surface area contributed by atoms with E-state index in [1.807, 2.05) is 36.7 Å². The van der Waals surface area contributed by atoms with Gasteiger partial charge in [-0.3, -0.25) is 4.79 Å². The van der Waals surface area contributed by atoms with E-state index in [-0.39, 0.29) is 11.9 Å². The molecule has 0 spiro atoms. The summed E-state index contributed by atoms with van der Waals surface area (Å²) in [7, 11) is 1.96. The molecule has 0 saturated carbocycles. The monoisotopic (exact) mass is 429 g/mol. The number of carbonyl (C=O) groups is 1. The minimum absolute atomic E-state index is 0.157. The topological polar surface area (TPSA) is 101 Å². The molecular weight excluding hydrogens is 410 g/mol. The molecule has 8 nitrogen and oxygen atoms in total. The lowest BCUT2D eigenvalue weighted by Gasteiger charge is -2.13. The van der Waals surface area contributed by atoms with Crippen molar-refractivity contribution < 1.29 is 4.79 Å². The van der Waals surface area contributed by atoms with Crippen LogP contribution in [0.3, 0.4) is 0 Å². The van der Waals surface area contributed by atoms with E-state index in [4.69, 9.17) is 4.98 Å². The molecule has 0 unspecified atom stereocenters. The van der Waals surface area contributed by atoms with Crippen molar-refractivity contribution in [2.45, 2.75) is 13.0 Å². The Kier molecular flexibility index (Phi) is 4.79. The van der Waals surface area contributed by atoms with E-state index in [9.17, 15) is 4.79 Å². The number of pyridine rings is 1. The molecule has 1 aromatic carbocycles. The van der Waals surface area contributed by atoms with E-state index in [1.165, 1.54) is 6.08 Å². The van der Waals surface area contributed by atoms with Crippen LogP contribution < -0.4 is 5.32 Å². The SMILES string of the molecule is C[C@H](NC(=O)C=Cc1cnc[nH]1)c1cccc(-c2nc3c(ncc4ncn(C)c43)s2)c1. The number of carbonyl (C=O) groups excluding carboxylic acids is 1. The molecule has 4 heterocycles. The van der Waals surface area contributed by atoms with E-state index in [1.54, 1.807) is 42.5 Å². The molecule has 9 heteroatoms. The van der Waals surface area contributed by atoms with Gasteiger partial charge in [0.2, 0.25) is 5.91 Å². The molecule has 5 rings (SSSR count). The van der Waals surface area contributed by atoms with Gasteiger partial charge in [0.1, 0.15) is 20.9 Å². The molecule has 1 amide bonds. The lowest BCUT2D eigenvalue weighted by Crippen LogP contribution is -2.24. The van der Waals surface area contributed by atoms with Gasteiger partial charge in [-0.2, -0.15) is 0 Å². The fourth-order valence-corrected chi connectivity index (χ4v) is 4.35. The molecule has 5 aromatic rings. The van der Waals surface area contributed by atoms with Crippen LogP contribution in [0, 0.1) is 0 Å². The summed E-state index contributed by atoms with van der Waals surface area (Å²) in [5.41, 5.74) is 5.43. The molecule has 0 bridgehead atoms. The molecule has 154 valence electrons. The summed E-state index contributed by atoms with van der Waals surface area (Å²) in [6.07, 6.45) is 9.97. The Morgan fingerprint density at radius 1 is 1.29 bits per heavy atom. The second-order valence-electron chi connectivity index (χ2n) is 7.22. The maximum atomic E-state index is 12.3. The Morgan fingerprint density at radius 3 is 3.03 bits per heavy atom. The van der Waals surface area contributed by atoms with Crippen LogP contribution in [0.5, 0.6) is 0 Å². The molecule has 0 aliphatic rings. The number of aromatic amines is 1. The van der Waals surface area contributed by atoms with Gasteiger partial charge in [-0.05, 0) is 24.6 Å². The van der Waals surface area contributed by atoms with Crippen molar-refractivity contribution in [3.05, 3.63) is 66.6 Å². The van der Waals surface area contributed by atoms with Crippen LogP contribution in [0.25, 0.3) is 38.0 Å². The first-order valence-electron chi connectivity index (χ1n) is 9.72. The number of aromatic nitrogens is 6. The zero-order valence-electron chi connectivity index (χ0n) is 16.9. The number of imidazole rings is 2. The highest BCUT2D eigenvalue weighted by atomic mass is 32.1. The van der Waals surface area contributed by atoms with Gasteiger partial charge in [-0.1, -0.05) is 29.5 Å². The average molecular weight is 430 g/mol. The summed E-state index contributed by atoms with van der Waals surface area (Å²) in [6, 6.07) is 7.90. The van der Waals surface area contributed by atoms with Crippen molar-refractivity contribution >= 4 is 44.7 Å². The Labute approximate surface area is 181 Å². The van der Waals surface area contributed by atoms with Crippen molar-refractivity contribution in [1.82, 2.24) is 34.8 Å². The number of benzene rings is 1. The number of amides is 1. The number of thiazole rings is 1. The first-order valence-corrected chi connectivity index (χ1v) is 10.5. The first-order chi connectivity index (χ1) is 15.1. The van der Waals surface area contributed by atoms with Gasteiger partial charge < -0.3 is 14.9 Å². The van der Waals surface area contributed by atoms with Crippen molar-refractivity contribution in [3.8, 4) is 10.6 Å². The number of hydrogen-bond acceptors (Lipinski definition) is 6. The van der Waals surface area contributed by atoms with Gasteiger partial charge >= 0.3 is 0 Å². The Bertz CT molecular complexity index is 1410. The predicted octanol–water partition coefficient (Wildman–Crippen LogP) is 3.86. The third kappa shape index (κ3) is 3.71. The summed E-state index contributed by atoms with van der Waals surface area (Å²) in [6.45, 7) is 1.96. The van der Waals surface area contributed by atoms with Gasteiger partial charge in [0, 0.05) is 18.7 Å². The third-order valence-corrected chi connectivity index (χ3v) is 6.04. The Hall–Kier alpha value is -3.85. The van der Waals surface area contributed by atoms with E-state index >= 15 is 0 Å². The predicted molar refractivity (Wildman–Crippen MR) is 121 cm³/mol. The molecule has 31 heavy (non-hydrogen) atoms. The van der Waals surface area contributed by atoms with Crippen molar-refractivity contribution in [3.63, 3.8) is 0 Å². The highest BCUT2D eigenvalue weighted by molar-refractivity contribution is 7.21. The van der Waals surface area contributed by atoms with Crippen LogP contribution in [-0.2, 0) is 11.8 Å². The van der Waals surface area contributed by atoms with Crippen LogP contribution in [-0.4, -0.2) is 35.4 Å². The summed E-state index contributed by atoms with van der Waals surface area (Å²) in [5, 5.41) is 3.88. The summed E-state index contributed by atoms with van der Waals surface area (Å²) in [5.74, 6) is -0.171. The standard InChI is InChI=1S/C22H19N7OS/c1-13(27-18(30)7-6-16-9-23-11-25-16)14-4-3-5-15(8-14)21-28-19-20-17(26-12-29(20)2)10-24-22(19)31-21/h3-13H,1-2H3,(H,23,25)(H,27,30)/t13-/m0/s1. The highest BCUT2D eigenvalue weighted by Gasteiger charge is 2.15. The number of nitrogens with one attached hydrogen (secondary N) is 2. The maximum absolute atomic E-state index is 12.3. The lowest BCUT2D eigenvalue weighted by atomic mass is 10.1. The van der Waals surface area contributed by atoms with Crippen LogP contribution in [0.2, 0.25) is 0 Å². The largest absolute Gasteiger partial charge is 0.346 e. The van der Waals surface area contributed by atoms with Crippen molar-refractivity contribution in [1.29, 1.82) is 0 Å². The minimum Gasteiger partial charge on any atom is -0.346 e. The zero-order valence-corrected chi connectivity index (χ0v) is 17.7. The number of hydrogen-bond donors (Lipinski definition) is 2. The number of nitrogens with zero attached hydrogens (tertiary/aromatic N) is 5. The molecule has 0 aliphatic heterocycles. The maximum Gasteiger partial charge on any atom is 0.244 e. The van der Waals surface area contributed by atoms with Crippen LogP contribution in [0.4, 0.5) is 0 Å². The highest BCUT2D eigenvalue weighted by Crippen LogP contribution is 2.33. The van der Waals surface area contributed by atoms with Crippen LogP contribution in [0.15, 0.2) is 55.4 Å². The smallest absolute Gasteiger partial charge is 0.244 e. The second-order valence-corrected chi connectivity index (χ2v) is 8.19. The van der Waals surface area contributed by atoms with E-state index in [2.05, 4.69) is 31.3 Å². The fraction of sp³-hybridized carbons (Fsp3) is 0.136. The number of aryl methyl sites for hydroxylation is 1. The Morgan fingerprint density at radius 2 is 2.19 bits per heavy atom.